The summed E-state index contributed by atoms with van der Waals surface area (Å²) < 4.78 is 0. The Morgan fingerprint density at radius 1 is 0.879 bits per heavy atom. The molecule has 4 rings (SSSR count). The van der Waals surface area contributed by atoms with Gasteiger partial charge in [0.15, 0.2) is 0 Å². The van der Waals surface area contributed by atoms with E-state index < -0.39 is 28.8 Å². The molecule has 4 aromatic rings. The first-order valence-electron chi connectivity index (χ1n) is 10.0. The third-order valence-corrected chi connectivity index (χ3v) is 5.06. The molecular formula is C25H19N3O5. The highest BCUT2D eigenvalue weighted by atomic mass is 16.4. The number of carboxylic acids is 1. The van der Waals surface area contributed by atoms with Crippen LogP contribution in [0.15, 0.2) is 83.8 Å². The number of hydrogen-bond acceptors (Lipinski definition) is 4. The smallest absolute Gasteiger partial charge is 0.341 e. The molecule has 0 spiro atoms. The van der Waals surface area contributed by atoms with E-state index in [1.165, 1.54) is 6.07 Å². The number of aromatic amines is 1. The topological polar surface area (TPSA) is 128 Å². The summed E-state index contributed by atoms with van der Waals surface area (Å²) in [6, 6.07) is 21.3. The number of aromatic carboxylic acids is 1. The van der Waals surface area contributed by atoms with Crippen LogP contribution in [0.1, 0.15) is 20.7 Å². The van der Waals surface area contributed by atoms with E-state index in [1.807, 2.05) is 42.5 Å². The number of carboxylic acid groups (broad SMARTS) is 1. The van der Waals surface area contributed by atoms with E-state index in [4.69, 9.17) is 5.11 Å². The van der Waals surface area contributed by atoms with Crippen LogP contribution in [0, 0.1) is 0 Å². The fourth-order valence-electron chi connectivity index (χ4n) is 3.37. The minimum atomic E-state index is -1.34. The second kappa shape index (κ2) is 9.19. The average molecular weight is 441 g/mol. The highest BCUT2D eigenvalue weighted by molar-refractivity contribution is 6.00. The maximum absolute atomic E-state index is 12.4. The quantitative estimate of drug-likeness (QED) is 0.365. The summed E-state index contributed by atoms with van der Waals surface area (Å²) in [5.41, 5.74) is 2.13. The molecule has 164 valence electrons. The number of fused-ring (bicyclic) bond motifs is 1. The Morgan fingerprint density at radius 2 is 1.58 bits per heavy atom. The first-order valence-corrected chi connectivity index (χ1v) is 10.0. The van der Waals surface area contributed by atoms with Crippen molar-refractivity contribution in [2.24, 2.45) is 0 Å². The van der Waals surface area contributed by atoms with Crippen LogP contribution in [0.3, 0.4) is 0 Å². The molecule has 0 unspecified atom stereocenters. The van der Waals surface area contributed by atoms with Crippen molar-refractivity contribution < 1.29 is 19.5 Å². The van der Waals surface area contributed by atoms with Crippen LogP contribution in [-0.2, 0) is 4.79 Å². The molecule has 2 amide bonds. The first-order chi connectivity index (χ1) is 15.9. The van der Waals surface area contributed by atoms with Gasteiger partial charge in [0, 0.05) is 28.4 Å². The predicted octanol–water partition coefficient (Wildman–Crippen LogP) is 3.26. The average Bonchev–Trinajstić information content (AvgIpc) is 2.83. The van der Waals surface area contributed by atoms with E-state index in [-0.39, 0.29) is 11.9 Å². The van der Waals surface area contributed by atoms with Crippen molar-refractivity contribution in [2.75, 3.05) is 11.9 Å². The number of carbonyl (C=O) groups is 3. The summed E-state index contributed by atoms with van der Waals surface area (Å²) in [6.45, 7) is -0.275. The largest absolute Gasteiger partial charge is 0.477 e. The van der Waals surface area contributed by atoms with Crippen LogP contribution in [0.25, 0.3) is 22.0 Å². The third kappa shape index (κ3) is 4.80. The van der Waals surface area contributed by atoms with E-state index >= 15 is 0 Å². The van der Waals surface area contributed by atoms with Crippen LogP contribution in [0.4, 0.5) is 5.69 Å². The van der Waals surface area contributed by atoms with Crippen molar-refractivity contribution in [3.8, 4) is 11.1 Å². The van der Waals surface area contributed by atoms with Crippen molar-refractivity contribution in [1.82, 2.24) is 10.3 Å². The first kappa shape index (κ1) is 21.5. The summed E-state index contributed by atoms with van der Waals surface area (Å²) in [5, 5.41) is 14.4. The Hall–Kier alpha value is -4.72. The van der Waals surface area contributed by atoms with E-state index in [2.05, 4.69) is 15.6 Å². The predicted molar refractivity (Wildman–Crippen MR) is 124 cm³/mol. The molecular weight excluding hydrogens is 422 g/mol. The fourth-order valence-corrected chi connectivity index (χ4v) is 3.37. The molecule has 0 radical (unpaired) electrons. The fraction of sp³-hybridized carbons (Fsp3) is 0.0400. The number of amides is 2. The molecule has 33 heavy (non-hydrogen) atoms. The second-order valence-electron chi connectivity index (χ2n) is 7.27. The van der Waals surface area contributed by atoms with Crippen molar-refractivity contribution >= 4 is 34.4 Å². The molecule has 8 heteroatoms. The van der Waals surface area contributed by atoms with Gasteiger partial charge >= 0.3 is 5.97 Å². The molecule has 0 fully saturated rings. The zero-order chi connectivity index (χ0) is 23.4. The van der Waals surface area contributed by atoms with Gasteiger partial charge in [-0.05, 0) is 41.5 Å². The minimum absolute atomic E-state index is 0.134. The molecule has 0 saturated heterocycles. The van der Waals surface area contributed by atoms with Gasteiger partial charge in [-0.25, -0.2) is 4.79 Å². The van der Waals surface area contributed by atoms with E-state index in [1.54, 1.807) is 24.3 Å². The van der Waals surface area contributed by atoms with Crippen molar-refractivity contribution in [1.29, 1.82) is 0 Å². The minimum Gasteiger partial charge on any atom is -0.477 e. The molecule has 4 N–H and O–H groups in total. The number of rotatable bonds is 6. The maximum Gasteiger partial charge on any atom is 0.341 e. The van der Waals surface area contributed by atoms with E-state index in [0.29, 0.717) is 16.8 Å². The summed E-state index contributed by atoms with van der Waals surface area (Å²) in [6.07, 6.45) is 1.13. The third-order valence-electron chi connectivity index (χ3n) is 5.06. The van der Waals surface area contributed by atoms with Gasteiger partial charge < -0.3 is 20.7 Å². The van der Waals surface area contributed by atoms with Crippen LogP contribution >= 0.6 is 0 Å². The number of benzene rings is 3. The molecule has 1 heterocycles. The molecule has 8 nitrogen and oxygen atoms in total. The molecule has 0 saturated carbocycles. The Bertz CT molecular complexity index is 1410. The molecule has 0 aliphatic heterocycles. The summed E-state index contributed by atoms with van der Waals surface area (Å²) in [5.74, 6) is -2.23. The lowest BCUT2D eigenvalue weighted by molar-refractivity contribution is -0.115. The number of H-pyrrole nitrogens is 1. The Kier molecular flexibility index (Phi) is 5.99. The van der Waals surface area contributed by atoms with Gasteiger partial charge in [-0.3, -0.25) is 14.4 Å². The van der Waals surface area contributed by atoms with Crippen molar-refractivity contribution in [3.05, 3.63) is 100 Å². The SMILES string of the molecule is O=C(CNC(=O)c1ccc(-c2ccccc2)cc1)Nc1ccc2[nH]cc(C(=O)O)c(=O)c2c1. The lowest BCUT2D eigenvalue weighted by Crippen LogP contribution is -2.32. The maximum atomic E-state index is 12.4. The molecule has 3 aromatic carbocycles. The van der Waals surface area contributed by atoms with Crippen molar-refractivity contribution in [2.45, 2.75) is 0 Å². The highest BCUT2D eigenvalue weighted by Crippen LogP contribution is 2.19. The second-order valence-corrected chi connectivity index (χ2v) is 7.27. The van der Waals surface area contributed by atoms with Gasteiger partial charge in [-0.15, -0.1) is 0 Å². The van der Waals surface area contributed by atoms with Gasteiger partial charge in [0.25, 0.3) is 5.91 Å². The van der Waals surface area contributed by atoms with Gasteiger partial charge in [-0.1, -0.05) is 42.5 Å². The van der Waals surface area contributed by atoms with E-state index in [9.17, 15) is 19.2 Å². The molecule has 0 bridgehead atoms. The standard InChI is InChI=1S/C25H19N3O5/c29-22(28-18-10-11-21-19(12-18)23(30)20(13-26-21)25(32)33)14-27-24(31)17-8-6-16(7-9-17)15-4-2-1-3-5-15/h1-13H,14H2,(H,26,30)(H,27,31)(H,28,29)(H,32,33). The van der Waals surface area contributed by atoms with E-state index in [0.717, 1.165) is 17.3 Å². The number of anilines is 1. The van der Waals surface area contributed by atoms with Crippen molar-refractivity contribution in [3.63, 3.8) is 0 Å². The lowest BCUT2D eigenvalue weighted by atomic mass is 10.0. The van der Waals surface area contributed by atoms with Gasteiger partial charge in [0.1, 0.15) is 5.56 Å². The number of carbonyl (C=O) groups excluding carboxylic acids is 2. The number of pyridine rings is 1. The Labute approximate surface area is 187 Å². The number of nitrogens with one attached hydrogen (secondary N) is 3. The summed E-state index contributed by atoms with van der Waals surface area (Å²) >= 11 is 0. The molecule has 1 aromatic heterocycles. The summed E-state index contributed by atoms with van der Waals surface area (Å²) in [4.78, 5) is 50.9. The van der Waals surface area contributed by atoms with Crippen LogP contribution in [0.2, 0.25) is 0 Å². The highest BCUT2D eigenvalue weighted by Gasteiger charge is 2.13. The van der Waals surface area contributed by atoms with Crippen LogP contribution in [0.5, 0.6) is 0 Å². The Morgan fingerprint density at radius 3 is 2.27 bits per heavy atom. The van der Waals surface area contributed by atoms with Gasteiger partial charge in [-0.2, -0.15) is 0 Å². The number of aromatic nitrogens is 1. The van der Waals surface area contributed by atoms with Crippen LogP contribution in [-0.4, -0.2) is 34.4 Å². The van der Waals surface area contributed by atoms with Gasteiger partial charge in [0.05, 0.1) is 6.54 Å². The zero-order valence-electron chi connectivity index (χ0n) is 17.3. The summed E-state index contributed by atoms with van der Waals surface area (Å²) in [7, 11) is 0. The van der Waals surface area contributed by atoms with Gasteiger partial charge in [0.2, 0.25) is 11.3 Å². The Balaban J connectivity index is 1.39. The molecule has 0 atom stereocenters. The normalized spacial score (nSPS) is 10.5. The number of hydrogen-bond donors (Lipinski definition) is 4. The van der Waals surface area contributed by atoms with Crippen LogP contribution < -0.4 is 16.1 Å². The zero-order valence-corrected chi connectivity index (χ0v) is 17.3. The monoisotopic (exact) mass is 441 g/mol. The molecule has 0 aliphatic rings. The molecule has 0 aliphatic carbocycles. The lowest BCUT2D eigenvalue weighted by Gasteiger charge is -2.09.